The maximum absolute atomic E-state index is 12.0. The van der Waals surface area contributed by atoms with E-state index >= 15 is 0 Å². The monoisotopic (exact) mass is 353 g/mol. The summed E-state index contributed by atoms with van der Waals surface area (Å²) in [6, 6.07) is 6.62. The minimum atomic E-state index is -0.447. The fourth-order valence-corrected chi connectivity index (χ4v) is 2.16. The molecule has 8 heteroatoms. The lowest BCUT2D eigenvalue weighted by Gasteiger charge is -2.13. The van der Waals surface area contributed by atoms with Gasteiger partial charge in [-0.1, -0.05) is 12.1 Å². The lowest BCUT2D eigenvalue weighted by Crippen LogP contribution is -2.31. The molecule has 0 saturated carbocycles. The van der Waals surface area contributed by atoms with E-state index in [1.165, 1.54) is 0 Å². The number of rotatable bonds is 13. The lowest BCUT2D eigenvalue weighted by molar-refractivity contribution is -0.108. The summed E-state index contributed by atoms with van der Waals surface area (Å²) in [4.78, 5) is 29.3. The molecule has 1 aromatic rings. The molecule has 2 rings (SSSR count). The first-order chi connectivity index (χ1) is 12.3. The summed E-state index contributed by atoms with van der Waals surface area (Å²) in [6.45, 7) is 3.28. The van der Waals surface area contributed by atoms with Gasteiger partial charge in [-0.2, -0.15) is 0 Å². The number of carbonyl (C=O) groups excluding carboxylic acids is 2. The number of imide groups is 1. The van der Waals surface area contributed by atoms with Crippen molar-refractivity contribution in [2.24, 2.45) is 0 Å². The minimum Gasteiger partial charge on any atom is -0.382 e. The second kappa shape index (κ2) is 10.9. The Morgan fingerprint density at radius 3 is 1.64 bits per heavy atom. The number of methoxy groups -OCH3 is 1. The highest BCUT2D eigenvalue weighted by molar-refractivity contribution is 6.20. The van der Waals surface area contributed by atoms with Crippen LogP contribution in [0.2, 0.25) is 0 Å². The average Bonchev–Trinajstić information content (AvgIpc) is 2.87. The second-order valence-corrected chi connectivity index (χ2v) is 5.11. The smallest absolute Gasteiger partial charge is 0.285 e. The molecule has 0 spiro atoms. The molecule has 0 atom stereocenters. The first kappa shape index (κ1) is 19.5. The Balaban J connectivity index is 1.49. The number of carbonyl (C=O) groups is 2. The number of ether oxygens (including phenoxy) is 4. The Morgan fingerprint density at radius 1 is 0.720 bits per heavy atom. The first-order valence-corrected chi connectivity index (χ1v) is 8.08. The maximum Gasteiger partial charge on any atom is 0.285 e. The van der Waals surface area contributed by atoms with E-state index in [1.54, 1.807) is 31.4 Å². The molecule has 0 bridgehead atoms. The highest BCUT2D eigenvalue weighted by atomic mass is 16.7. The van der Waals surface area contributed by atoms with E-state index in [0.29, 0.717) is 50.8 Å². The van der Waals surface area contributed by atoms with Crippen molar-refractivity contribution < 1.29 is 33.4 Å². The summed E-state index contributed by atoms with van der Waals surface area (Å²) in [5, 5.41) is 0.780. The molecule has 0 aliphatic carbocycles. The topological polar surface area (TPSA) is 83.5 Å². The molecule has 1 heterocycles. The zero-order chi connectivity index (χ0) is 17.9. The molecule has 25 heavy (non-hydrogen) atoms. The number of amides is 2. The Kier molecular flexibility index (Phi) is 8.50. The van der Waals surface area contributed by atoms with Crippen molar-refractivity contribution in [3.05, 3.63) is 35.4 Å². The van der Waals surface area contributed by atoms with Crippen molar-refractivity contribution in [3.63, 3.8) is 0 Å². The molecule has 1 aliphatic rings. The van der Waals surface area contributed by atoms with Crippen LogP contribution < -0.4 is 0 Å². The molecule has 0 N–H and O–H groups in total. The number of hydrogen-bond acceptors (Lipinski definition) is 7. The van der Waals surface area contributed by atoms with Crippen molar-refractivity contribution in [2.45, 2.75) is 0 Å². The van der Waals surface area contributed by atoms with Crippen LogP contribution in [0.15, 0.2) is 24.3 Å². The molecule has 8 nitrogen and oxygen atoms in total. The molecule has 1 aromatic carbocycles. The molecule has 0 fully saturated rings. The van der Waals surface area contributed by atoms with Gasteiger partial charge in [-0.3, -0.25) is 14.4 Å². The van der Waals surface area contributed by atoms with Gasteiger partial charge < -0.3 is 18.9 Å². The fourth-order valence-electron chi connectivity index (χ4n) is 2.16. The van der Waals surface area contributed by atoms with Gasteiger partial charge in [0.05, 0.1) is 64.0 Å². The van der Waals surface area contributed by atoms with Gasteiger partial charge in [-0.15, -0.1) is 5.06 Å². The van der Waals surface area contributed by atoms with Crippen molar-refractivity contribution in [1.29, 1.82) is 0 Å². The van der Waals surface area contributed by atoms with E-state index in [2.05, 4.69) is 0 Å². The Morgan fingerprint density at radius 2 is 1.16 bits per heavy atom. The van der Waals surface area contributed by atoms with Crippen LogP contribution in [0.3, 0.4) is 0 Å². The van der Waals surface area contributed by atoms with E-state index in [4.69, 9.17) is 23.8 Å². The molecular formula is C17H23NO7. The third-order valence-corrected chi connectivity index (χ3v) is 3.38. The van der Waals surface area contributed by atoms with Gasteiger partial charge in [0.1, 0.15) is 0 Å². The van der Waals surface area contributed by atoms with E-state index in [-0.39, 0.29) is 13.2 Å². The SMILES string of the molecule is COCCOCCOCCOCCON1C(=O)c2ccccc2C1=O. The van der Waals surface area contributed by atoms with Crippen LogP contribution in [0.25, 0.3) is 0 Å². The Labute approximate surface area is 146 Å². The van der Waals surface area contributed by atoms with Crippen molar-refractivity contribution >= 4 is 11.8 Å². The van der Waals surface area contributed by atoms with Crippen LogP contribution in [-0.4, -0.2) is 76.8 Å². The number of nitrogens with zero attached hydrogens (tertiary/aromatic N) is 1. The first-order valence-electron chi connectivity index (χ1n) is 8.08. The molecule has 0 unspecified atom stereocenters. The summed E-state index contributed by atoms with van der Waals surface area (Å²) in [6.07, 6.45) is 0. The van der Waals surface area contributed by atoms with Crippen LogP contribution >= 0.6 is 0 Å². The second-order valence-electron chi connectivity index (χ2n) is 5.11. The predicted octanol–water partition coefficient (Wildman–Crippen LogP) is 0.910. The lowest BCUT2D eigenvalue weighted by atomic mass is 10.1. The molecule has 138 valence electrons. The largest absolute Gasteiger partial charge is 0.382 e. The average molecular weight is 353 g/mol. The van der Waals surface area contributed by atoms with Gasteiger partial charge in [0.2, 0.25) is 0 Å². The molecule has 0 saturated heterocycles. The zero-order valence-electron chi connectivity index (χ0n) is 14.3. The van der Waals surface area contributed by atoms with Gasteiger partial charge in [-0.25, -0.2) is 0 Å². The van der Waals surface area contributed by atoms with Gasteiger partial charge >= 0.3 is 0 Å². The van der Waals surface area contributed by atoms with Gasteiger partial charge in [-0.05, 0) is 12.1 Å². The van der Waals surface area contributed by atoms with Crippen LogP contribution in [0.5, 0.6) is 0 Å². The normalized spacial score (nSPS) is 13.6. The predicted molar refractivity (Wildman–Crippen MR) is 87.2 cm³/mol. The number of hydroxylamine groups is 2. The van der Waals surface area contributed by atoms with Gasteiger partial charge in [0, 0.05) is 7.11 Å². The third-order valence-electron chi connectivity index (χ3n) is 3.38. The summed E-state index contributed by atoms with van der Waals surface area (Å²) < 4.78 is 20.7. The van der Waals surface area contributed by atoms with Crippen LogP contribution in [0.4, 0.5) is 0 Å². The molecule has 0 aromatic heterocycles. The Bertz CT molecular complexity index is 529. The van der Waals surface area contributed by atoms with E-state index in [1.807, 2.05) is 0 Å². The molecule has 2 amide bonds. The number of fused-ring (bicyclic) bond motifs is 1. The summed E-state index contributed by atoms with van der Waals surface area (Å²) in [7, 11) is 1.62. The van der Waals surface area contributed by atoms with Crippen molar-refractivity contribution in [2.75, 3.05) is 60.0 Å². The summed E-state index contributed by atoms with van der Waals surface area (Å²) in [5.74, 6) is -0.894. The van der Waals surface area contributed by atoms with E-state index < -0.39 is 11.8 Å². The number of benzene rings is 1. The quantitative estimate of drug-likeness (QED) is 0.385. The fraction of sp³-hybridized carbons (Fsp3) is 0.529. The highest BCUT2D eigenvalue weighted by Gasteiger charge is 2.36. The number of hydrogen-bond donors (Lipinski definition) is 0. The van der Waals surface area contributed by atoms with Crippen LogP contribution in [0, 0.1) is 0 Å². The van der Waals surface area contributed by atoms with Gasteiger partial charge in [0.15, 0.2) is 0 Å². The van der Waals surface area contributed by atoms with E-state index in [0.717, 1.165) is 5.06 Å². The summed E-state index contributed by atoms with van der Waals surface area (Å²) in [5.41, 5.74) is 0.712. The minimum absolute atomic E-state index is 0.103. The van der Waals surface area contributed by atoms with Gasteiger partial charge in [0.25, 0.3) is 11.8 Å². The zero-order valence-corrected chi connectivity index (χ0v) is 14.3. The third kappa shape index (κ3) is 5.87. The van der Waals surface area contributed by atoms with Crippen LogP contribution in [0.1, 0.15) is 20.7 Å². The summed E-state index contributed by atoms with van der Waals surface area (Å²) >= 11 is 0. The van der Waals surface area contributed by atoms with Crippen LogP contribution in [-0.2, 0) is 23.8 Å². The Hall–Kier alpha value is -1.84. The highest BCUT2D eigenvalue weighted by Crippen LogP contribution is 2.22. The molecule has 0 radical (unpaired) electrons. The van der Waals surface area contributed by atoms with Crippen molar-refractivity contribution in [1.82, 2.24) is 5.06 Å². The van der Waals surface area contributed by atoms with E-state index in [9.17, 15) is 9.59 Å². The molecule has 1 aliphatic heterocycles. The standard InChI is InChI=1S/C17H23NO7/c1-21-6-7-22-8-9-23-10-11-24-12-13-25-18-16(19)14-4-2-3-5-15(14)17(18)20/h2-5H,6-13H2,1H3. The maximum atomic E-state index is 12.0. The van der Waals surface area contributed by atoms with Crippen molar-refractivity contribution in [3.8, 4) is 0 Å². The molecular weight excluding hydrogens is 330 g/mol.